The number of nitrogens with zero attached hydrogens (tertiary/aromatic N) is 2. The molecule has 1 aromatic heterocycles. The third-order valence-electron chi connectivity index (χ3n) is 1.67. The van der Waals surface area contributed by atoms with Gasteiger partial charge in [-0.1, -0.05) is 0 Å². The summed E-state index contributed by atoms with van der Waals surface area (Å²) >= 11 is 3.26. The molecular formula is C9H7BrN2O. The summed E-state index contributed by atoms with van der Waals surface area (Å²) in [4.78, 5) is 0. The van der Waals surface area contributed by atoms with E-state index in [4.69, 9.17) is 5.11 Å². The molecule has 0 unspecified atom stereocenters. The molecule has 13 heavy (non-hydrogen) atoms. The van der Waals surface area contributed by atoms with Crippen LogP contribution < -0.4 is 0 Å². The van der Waals surface area contributed by atoms with E-state index in [1.807, 2.05) is 12.3 Å². The van der Waals surface area contributed by atoms with E-state index in [1.165, 1.54) is 0 Å². The first kappa shape index (κ1) is 8.31. The number of phenolic OH excluding ortho intramolecular Hbond substituents is 1. The number of halogens is 1. The van der Waals surface area contributed by atoms with Gasteiger partial charge in [0, 0.05) is 6.20 Å². The molecule has 0 fully saturated rings. The Kier molecular flexibility index (Phi) is 2.06. The van der Waals surface area contributed by atoms with Crippen LogP contribution in [0, 0.1) is 0 Å². The number of aromatic hydroxyl groups is 1. The highest BCUT2D eigenvalue weighted by Crippen LogP contribution is 2.14. The molecule has 1 aromatic carbocycles. The normalized spacial score (nSPS) is 10.2. The lowest BCUT2D eigenvalue weighted by Gasteiger charge is -1.99. The van der Waals surface area contributed by atoms with Crippen LogP contribution in [0.3, 0.4) is 0 Å². The number of benzene rings is 1. The smallest absolute Gasteiger partial charge is 0.128 e. The Labute approximate surface area is 83.8 Å². The van der Waals surface area contributed by atoms with Crippen LogP contribution in [-0.2, 0) is 0 Å². The summed E-state index contributed by atoms with van der Waals surface area (Å²) in [5.74, 6) is 0.259. The molecule has 0 aliphatic rings. The maximum Gasteiger partial charge on any atom is 0.128 e. The Balaban J connectivity index is 2.41. The van der Waals surface area contributed by atoms with E-state index >= 15 is 0 Å². The van der Waals surface area contributed by atoms with Crippen LogP contribution in [0.15, 0.2) is 41.1 Å². The highest BCUT2D eigenvalue weighted by Gasteiger charge is 1.97. The number of hydrogen-bond donors (Lipinski definition) is 1. The average molecular weight is 239 g/mol. The van der Waals surface area contributed by atoms with Gasteiger partial charge in [-0.3, -0.25) is 0 Å². The fraction of sp³-hybridized carbons (Fsp3) is 0. The summed E-state index contributed by atoms with van der Waals surface area (Å²) in [6.07, 6.45) is 1.84. The lowest BCUT2D eigenvalue weighted by Crippen LogP contribution is -1.92. The van der Waals surface area contributed by atoms with Gasteiger partial charge in [-0.15, -0.1) is 0 Å². The summed E-state index contributed by atoms with van der Waals surface area (Å²) < 4.78 is 2.52. The number of hydrogen-bond acceptors (Lipinski definition) is 2. The molecule has 0 bridgehead atoms. The van der Waals surface area contributed by atoms with Crippen LogP contribution in [0.25, 0.3) is 5.69 Å². The lowest BCUT2D eigenvalue weighted by atomic mass is 10.3. The standard InChI is InChI=1S/C9H7BrN2O/c10-9-5-6-12(11-9)7-1-3-8(13)4-2-7/h1-6,13H. The quantitative estimate of drug-likeness (QED) is 0.829. The second kappa shape index (κ2) is 3.22. The second-order valence-corrected chi connectivity index (χ2v) is 3.41. The topological polar surface area (TPSA) is 38.0 Å². The van der Waals surface area contributed by atoms with Gasteiger partial charge in [-0.2, -0.15) is 5.10 Å². The summed E-state index contributed by atoms with van der Waals surface area (Å²) in [6.45, 7) is 0. The molecule has 0 radical (unpaired) electrons. The first-order valence-corrected chi connectivity index (χ1v) is 4.55. The number of aromatic nitrogens is 2. The van der Waals surface area contributed by atoms with Gasteiger partial charge in [0.15, 0.2) is 0 Å². The van der Waals surface area contributed by atoms with Crippen LogP contribution in [0.1, 0.15) is 0 Å². The molecular weight excluding hydrogens is 232 g/mol. The maximum absolute atomic E-state index is 9.07. The summed E-state index contributed by atoms with van der Waals surface area (Å²) in [5, 5.41) is 13.2. The van der Waals surface area contributed by atoms with Crippen LogP contribution in [0.2, 0.25) is 0 Å². The van der Waals surface area contributed by atoms with Gasteiger partial charge >= 0.3 is 0 Å². The van der Waals surface area contributed by atoms with Crippen molar-refractivity contribution in [2.24, 2.45) is 0 Å². The highest BCUT2D eigenvalue weighted by atomic mass is 79.9. The molecule has 0 atom stereocenters. The van der Waals surface area contributed by atoms with E-state index in [1.54, 1.807) is 28.9 Å². The molecule has 4 heteroatoms. The molecule has 0 aliphatic heterocycles. The SMILES string of the molecule is Oc1ccc(-n2ccc(Br)n2)cc1. The van der Waals surface area contributed by atoms with Crippen molar-refractivity contribution in [2.75, 3.05) is 0 Å². The number of phenols is 1. The Hall–Kier alpha value is -1.29. The van der Waals surface area contributed by atoms with Gasteiger partial charge in [-0.25, -0.2) is 4.68 Å². The zero-order valence-corrected chi connectivity index (χ0v) is 8.27. The fourth-order valence-electron chi connectivity index (χ4n) is 1.05. The molecule has 0 saturated heterocycles. The molecule has 3 nitrogen and oxygen atoms in total. The molecule has 2 rings (SSSR count). The van der Waals surface area contributed by atoms with Crippen molar-refractivity contribution >= 4 is 15.9 Å². The molecule has 1 heterocycles. The van der Waals surface area contributed by atoms with E-state index in [-0.39, 0.29) is 5.75 Å². The number of rotatable bonds is 1. The fourth-order valence-corrected chi connectivity index (χ4v) is 1.34. The highest BCUT2D eigenvalue weighted by molar-refractivity contribution is 9.10. The van der Waals surface area contributed by atoms with Crippen molar-refractivity contribution in [3.05, 3.63) is 41.1 Å². The van der Waals surface area contributed by atoms with Crippen molar-refractivity contribution in [1.29, 1.82) is 0 Å². The van der Waals surface area contributed by atoms with Gasteiger partial charge < -0.3 is 5.11 Å². The van der Waals surface area contributed by atoms with Crippen LogP contribution in [0.4, 0.5) is 0 Å². The predicted molar refractivity (Wildman–Crippen MR) is 52.9 cm³/mol. The van der Waals surface area contributed by atoms with E-state index < -0.39 is 0 Å². The average Bonchev–Trinajstić information content (AvgIpc) is 2.53. The van der Waals surface area contributed by atoms with Gasteiger partial charge in [0.05, 0.1) is 5.69 Å². The lowest BCUT2D eigenvalue weighted by molar-refractivity contribution is 0.475. The van der Waals surface area contributed by atoms with Crippen LogP contribution in [0.5, 0.6) is 5.75 Å². The molecule has 0 saturated carbocycles. The van der Waals surface area contributed by atoms with Crippen molar-refractivity contribution in [3.8, 4) is 11.4 Å². The van der Waals surface area contributed by atoms with Gasteiger partial charge in [0.25, 0.3) is 0 Å². The van der Waals surface area contributed by atoms with E-state index in [0.717, 1.165) is 10.3 Å². The minimum atomic E-state index is 0.259. The first-order valence-electron chi connectivity index (χ1n) is 3.76. The Morgan fingerprint density at radius 2 is 1.85 bits per heavy atom. The summed E-state index contributed by atoms with van der Waals surface area (Å²) in [6, 6.07) is 8.71. The molecule has 0 aliphatic carbocycles. The molecule has 1 N–H and O–H groups in total. The largest absolute Gasteiger partial charge is 0.508 e. The first-order chi connectivity index (χ1) is 6.25. The third kappa shape index (κ3) is 1.72. The van der Waals surface area contributed by atoms with E-state index in [0.29, 0.717) is 0 Å². The monoisotopic (exact) mass is 238 g/mol. The third-order valence-corrected chi connectivity index (χ3v) is 2.09. The molecule has 0 amide bonds. The van der Waals surface area contributed by atoms with Crippen molar-refractivity contribution in [3.63, 3.8) is 0 Å². The van der Waals surface area contributed by atoms with Crippen molar-refractivity contribution in [2.45, 2.75) is 0 Å². The molecule has 66 valence electrons. The predicted octanol–water partition coefficient (Wildman–Crippen LogP) is 2.34. The minimum Gasteiger partial charge on any atom is -0.508 e. The van der Waals surface area contributed by atoms with Crippen molar-refractivity contribution < 1.29 is 5.11 Å². The van der Waals surface area contributed by atoms with Crippen LogP contribution >= 0.6 is 15.9 Å². The second-order valence-electron chi connectivity index (χ2n) is 2.60. The Morgan fingerprint density at radius 1 is 1.15 bits per heavy atom. The maximum atomic E-state index is 9.07. The van der Waals surface area contributed by atoms with E-state index in [2.05, 4.69) is 21.0 Å². The van der Waals surface area contributed by atoms with E-state index in [9.17, 15) is 0 Å². The van der Waals surface area contributed by atoms with Gasteiger partial charge in [-0.05, 0) is 46.3 Å². The minimum absolute atomic E-state index is 0.259. The summed E-state index contributed by atoms with van der Waals surface area (Å²) in [5.41, 5.74) is 0.920. The molecule has 2 aromatic rings. The Morgan fingerprint density at radius 3 is 2.38 bits per heavy atom. The van der Waals surface area contributed by atoms with Crippen LogP contribution in [-0.4, -0.2) is 14.9 Å². The zero-order chi connectivity index (χ0) is 9.26. The zero-order valence-electron chi connectivity index (χ0n) is 6.68. The summed E-state index contributed by atoms with van der Waals surface area (Å²) in [7, 11) is 0. The Bertz CT molecular complexity index is 408. The van der Waals surface area contributed by atoms with Gasteiger partial charge in [0.1, 0.15) is 10.4 Å². The van der Waals surface area contributed by atoms with Crippen molar-refractivity contribution in [1.82, 2.24) is 9.78 Å². The molecule has 0 spiro atoms. The van der Waals surface area contributed by atoms with Gasteiger partial charge in [0.2, 0.25) is 0 Å².